The molecule has 1 fully saturated rings. The van der Waals surface area contributed by atoms with Crippen molar-refractivity contribution in [2.24, 2.45) is 0 Å². The van der Waals surface area contributed by atoms with Gasteiger partial charge in [-0.3, -0.25) is 9.69 Å². The van der Waals surface area contributed by atoms with E-state index in [4.69, 9.17) is 4.74 Å². The number of anilines is 1. The van der Waals surface area contributed by atoms with Crippen LogP contribution in [0.1, 0.15) is 23.2 Å². The van der Waals surface area contributed by atoms with Crippen LogP contribution in [0.15, 0.2) is 60.0 Å². The van der Waals surface area contributed by atoms with Gasteiger partial charge in [-0.2, -0.15) is 0 Å². The van der Waals surface area contributed by atoms with Gasteiger partial charge in [0.15, 0.2) is 5.13 Å². The van der Waals surface area contributed by atoms with Crippen LogP contribution in [0.3, 0.4) is 0 Å². The molecule has 2 aromatic carbocycles. The van der Waals surface area contributed by atoms with Gasteiger partial charge in [-0.1, -0.05) is 36.4 Å². The van der Waals surface area contributed by atoms with Gasteiger partial charge in [0, 0.05) is 23.1 Å². The summed E-state index contributed by atoms with van der Waals surface area (Å²) in [4.78, 5) is 19.4. The molecule has 2 heterocycles. The molecular weight excluding hydrogens is 363 g/mol. The Morgan fingerprint density at radius 2 is 2.07 bits per heavy atom. The molecule has 3 aromatic rings. The highest BCUT2D eigenvalue weighted by Gasteiger charge is 2.27. The lowest BCUT2D eigenvalue weighted by Crippen LogP contribution is -2.37. The maximum absolute atomic E-state index is 13.6. The van der Waals surface area contributed by atoms with Crippen LogP contribution >= 0.6 is 11.3 Å². The Kier molecular flexibility index (Phi) is 5.27. The minimum atomic E-state index is -0.429. The van der Waals surface area contributed by atoms with Crippen LogP contribution in [0.5, 0.6) is 0 Å². The first-order valence-corrected chi connectivity index (χ1v) is 9.78. The van der Waals surface area contributed by atoms with Crippen molar-refractivity contribution in [1.82, 2.24) is 4.98 Å². The van der Waals surface area contributed by atoms with E-state index < -0.39 is 5.82 Å². The van der Waals surface area contributed by atoms with Crippen LogP contribution in [-0.2, 0) is 4.74 Å². The Hall–Kier alpha value is -2.57. The van der Waals surface area contributed by atoms with Crippen LogP contribution in [0.2, 0.25) is 0 Å². The fourth-order valence-corrected chi connectivity index (χ4v) is 3.99. The molecule has 0 spiro atoms. The van der Waals surface area contributed by atoms with E-state index in [0.717, 1.165) is 24.1 Å². The fourth-order valence-electron chi connectivity index (χ4n) is 3.15. The van der Waals surface area contributed by atoms with Gasteiger partial charge >= 0.3 is 0 Å². The van der Waals surface area contributed by atoms with Gasteiger partial charge in [-0.05, 0) is 31.0 Å². The molecule has 0 bridgehead atoms. The minimum absolute atomic E-state index is 0.0217. The second-order valence-electron chi connectivity index (χ2n) is 6.44. The number of halogens is 1. The number of benzene rings is 2. The van der Waals surface area contributed by atoms with E-state index in [1.807, 2.05) is 35.7 Å². The second-order valence-corrected chi connectivity index (χ2v) is 7.28. The first kappa shape index (κ1) is 17.8. The lowest BCUT2D eigenvalue weighted by molar-refractivity contribution is 0.0917. The molecule has 1 saturated heterocycles. The summed E-state index contributed by atoms with van der Waals surface area (Å²) < 4.78 is 19.3. The highest BCUT2D eigenvalue weighted by atomic mass is 32.1. The zero-order valence-electron chi connectivity index (χ0n) is 14.7. The molecule has 0 unspecified atom stereocenters. The van der Waals surface area contributed by atoms with Gasteiger partial charge in [0.25, 0.3) is 5.91 Å². The Bertz CT molecular complexity index is 923. The number of carbonyl (C=O) groups excluding carboxylic acids is 1. The lowest BCUT2D eigenvalue weighted by atomic mass is 10.1. The van der Waals surface area contributed by atoms with Crippen molar-refractivity contribution in [3.8, 4) is 11.3 Å². The third-order valence-corrected chi connectivity index (χ3v) is 5.38. The number of hydrogen-bond acceptors (Lipinski definition) is 4. The fraction of sp³-hybridized carbons (Fsp3) is 0.238. The van der Waals surface area contributed by atoms with Crippen LogP contribution in [0.25, 0.3) is 11.3 Å². The largest absolute Gasteiger partial charge is 0.376 e. The standard InChI is InChI=1S/C21H19FN2O2S/c22-17-9-4-8-16(12-17)20(25)24(13-18-10-5-11-26-18)21-23-19(14-27-21)15-6-2-1-3-7-15/h1-4,6-9,12,14,18H,5,10-11,13H2/t18-/m1/s1. The summed E-state index contributed by atoms with van der Waals surface area (Å²) in [6.07, 6.45) is 1.87. The van der Waals surface area contributed by atoms with Gasteiger partial charge in [0.2, 0.25) is 0 Å². The minimum Gasteiger partial charge on any atom is -0.376 e. The zero-order valence-corrected chi connectivity index (χ0v) is 15.5. The molecule has 0 aliphatic carbocycles. The number of rotatable bonds is 5. The van der Waals surface area contributed by atoms with Crippen molar-refractivity contribution in [2.75, 3.05) is 18.1 Å². The first-order chi connectivity index (χ1) is 13.2. The third kappa shape index (κ3) is 4.07. The molecule has 1 aliphatic rings. The number of thiazole rings is 1. The Labute approximate surface area is 161 Å². The van der Waals surface area contributed by atoms with E-state index in [1.54, 1.807) is 17.0 Å². The van der Waals surface area contributed by atoms with Crippen molar-refractivity contribution in [2.45, 2.75) is 18.9 Å². The molecule has 0 saturated carbocycles. The summed E-state index contributed by atoms with van der Waals surface area (Å²) in [6, 6.07) is 15.6. The Balaban J connectivity index is 1.65. The maximum atomic E-state index is 13.6. The van der Waals surface area contributed by atoms with Crippen LogP contribution in [0.4, 0.5) is 9.52 Å². The third-order valence-electron chi connectivity index (χ3n) is 4.52. The number of carbonyl (C=O) groups is 1. The van der Waals surface area contributed by atoms with Crippen LogP contribution in [-0.4, -0.2) is 30.1 Å². The van der Waals surface area contributed by atoms with E-state index in [9.17, 15) is 9.18 Å². The molecular formula is C21H19FN2O2S. The Morgan fingerprint density at radius 3 is 2.81 bits per heavy atom. The van der Waals surface area contributed by atoms with Gasteiger partial charge in [0.1, 0.15) is 5.82 Å². The quantitative estimate of drug-likeness (QED) is 0.638. The maximum Gasteiger partial charge on any atom is 0.260 e. The van der Waals surface area contributed by atoms with E-state index >= 15 is 0 Å². The van der Waals surface area contributed by atoms with E-state index in [-0.39, 0.29) is 12.0 Å². The van der Waals surface area contributed by atoms with Gasteiger partial charge in [0.05, 0.1) is 18.3 Å². The molecule has 4 rings (SSSR count). The highest BCUT2D eigenvalue weighted by molar-refractivity contribution is 7.14. The summed E-state index contributed by atoms with van der Waals surface area (Å²) >= 11 is 1.41. The highest BCUT2D eigenvalue weighted by Crippen LogP contribution is 2.29. The van der Waals surface area contributed by atoms with E-state index in [0.29, 0.717) is 23.8 Å². The first-order valence-electron chi connectivity index (χ1n) is 8.91. The number of nitrogens with zero attached hydrogens (tertiary/aromatic N) is 2. The van der Waals surface area contributed by atoms with E-state index in [1.165, 1.54) is 23.5 Å². The monoisotopic (exact) mass is 382 g/mol. The molecule has 6 heteroatoms. The number of amides is 1. The van der Waals surface area contributed by atoms with E-state index in [2.05, 4.69) is 4.98 Å². The van der Waals surface area contributed by atoms with Crippen molar-refractivity contribution in [1.29, 1.82) is 0 Å². The van der Waals surface area contributed by atoms with Gasteiger partial charge < -0.3 is 4.74 Å². The van der Waals surface area contributed by atoms with Crippen LogP contribution in [0, 0.1) is 5.82 Å². The summed E-state index contributed by atoms with van der Waals surface area (Å²) in [5.74, 6) is -0.694. The number of aromatic nitrogens is 1. The average molecular weight is 382 g/mol. The summed E-state index contributed by atoms with van der Waals surface area (Å²) in [6.45, 7) is 1.12. The van der Waals surface area contributed by atoms with Crippen molar-refractivity contribution in [3.63, 3.8) is 0 Å². The molecule has 0 N–H and O–H groups in total. The molecule has 1 amide bonds. The normalized spacial score (nSPS) is 16.4. The predicted octanol–water partition coefficient (Wildman–Crippen LogP) is 4.78. The summed E-state index contributed by atoms with van der Waals surface area (Å²) in [5, 5.41) is 2.53. The molecule has 1 atom stereocenters. The molecule has 4 nitrogen and oxygen atoms in total. The zero-order chi connectivity index (χ0) is 18.6. The van der Waals surface area contributed by atoms with Crippen LogP contribution < -0.4 is 4.90 Å². The number of ether oxygens (including phenoxy) is 1. The van der Waals surface area contributed by atoms with Crippen molar-refractivity contribution in [3.05, 3.63) is 71.4 Å². The van der Waals surface area contributed by atoms with Crippen molar-refractivity contribution < 1.29 is 13.9 Å². The molecule has 1 aromatic heterocycles. The average Bonchev–Trinajstić information content (AvgIpc) is 3.38. The summed E-state index contributed by atoms with van der Waals surface area (Å²) in [5.41, 5.74) is 2.12. The molecule has 27 heavy (non-hydrogen) atoms. The van der Waals surface area contributed by atoms with Gasteiger partial charge in [-0.15, -0.1) is 11.3 Å². The molecule has 1 aliphatic heterocycles. The lowest BCUT2D eigenvalue weighted by Gasteiger charge is -2.23. The molecule has 0 radical (unpaired) electrons. The smallest absolute Gasteiger partial charge is 0.260 e. The second kappa shape index (κ2) is 7.98. The Morgan fingerprint density at radius 1 is 1.22 bits per heavy atom. The number of hydrogen-bond donors (Lipinski definition) is 0. The molecule has 138 valence electrons. The topological polar surface area (TPSA) is 42.4 Å². The SMILES string of the molecule is O=C(c1cccc(F)c1)N(C[C@H]1CCCO1)c1nc(-c2ccccc2)cs1. The van der Waals surface area contributed by atoms with Gasteiger partial charge in [-0.25, -0.2) is 9.37 Å². The predicted molar refractivity (Wildman–Crippen MR) is 105 cm³/mol. The van der Waals surface area contributed by atoms with Crippen molar-refractivity contribution >= 4 is 22.4 Å². The summed E-state index contributed by atoms with van der Waals surface area (Å²) in [7, 11) is 0.